The number of anilines is 2. The molecule has 1 aromatic carbocycles. The van der Waals surface area contributed by atoms with Crippen molar-refractivity contribution < 1.29 is 8.78 Å². The molecule has 2 fully saturated rings. The molecule has 9 heteroatoms. The highest BCUT2D eigenvalue weighted by Gasteiger charge is 2.65. The predicted molar refractivity (Wildman–Crippen MR) is 119 cm³/mol. The monoisotopic (exact) mass is 450 g/mol. The summed E-state index contributed by atoms with van der Waals surface area (Å²) in [5.74, 6) is -2.82. The van der Waals surface area contributed by atoms with Crippen LogP contribution in [0.2, 0.25) is 0 Å². The van der Waals surface area contributed by atoms with E-state index in [1.165, 1.54) is 6.07 Å². The van der Waals surface area contributed by atoms with Crippen molar-refractivity contribution in [2.75, 3.05) is 11.9 Å². The number of H-pyrrole nitrogens is 1. The highest BCUT2D eigenvalue weighted by Crippen LogP contribution is 2.60. The molecule has 33 heavy (non-hydrogen) atoms. The van der Waals surface area contributed by atoms with Crippen LogP contribution >= 0.6 is 0 Å². The normalized spacial score (nSPS) is 27.8. The summed E-state index contributed by atoms with van der Waals surface area (Å²) in [7, 11) is 0. The molecule has 1 spiro atoms. The lowest BCUT2D eigenvalue weighted by Crippen LogP contribution is -2.63. The Balaban J connectivity index is 1.40. The molecule has 6 rings (SSSR count). The van der Waals surface area contributed by atoms with Crippen LogP contribution in [0.1, 0.15) is 55.7 Å². The molecule has 7 nitrogen and oxygen atoms in total. The van der Waals surface area contributed by atoms with Crippen molar-refractivity contribution in [2.24, 2.45) is 5.92 Å². The zero-order valence-corrected chi connectivity index (χ0v) is 18.0. The van der Waals surface area contributed by atoms with Crippen LogP contribution in [0.3, 0.4) is 0 Å². The third-order valence-corrected chi connectivity index (χ3v) is 7.61. The first-order valence-corrected chi connectivity index (χ1v) is 11.5. The Hall–Kier alpha value is -3.25. The Morgan fingerprint density at radius 1 is 1.18 bits per heavy atom. The minimum absolute atomic E-state index is 0.0138. The van der Waals surface area contributed by atoms with Crippen molar-refractivity contribution in [1.82, 2.24) is 20.1 Å². The molecule has 0 amide bonds. The van der Waals surface area contributed by atoms with Gasteiger partial charge in [-0.15, -0.1) is 0 Å². The van der Waals surface area contributed by atoms with Gasteiger partial charge in [-0.25, -0.2) is 0 Å². The van der Waals surface area contributed by atoms with Gasteiger partial charge in [-0.05, 0) is 68.8 Å². The first-order valence-electron chi connectivity index (χ1n) is 11.5. The third-order valence-electron chi connectivity index (χ3n) is 7.61. The van der Waals surface area contributed by atoms with Crippen molar-refractivity contribution in [3.8, 4) is 6.07 Å². The van der Waals surface area contributed by atoms with Gasteiger partial charge in [0, 0.05) is 17.4 Å². The van der Waals surface area contributed by atoms with E-state index >= 15 is 8.78 Å². The van der Waals surface area contributed by atoms with Gasteiger partial charge >= 0.3 is 0 Å². The van der Waals surface area contributed by atoms with Crippen molar-refractivity contribution in [3.63, 3.8) is 0 Å². The van der Waals surface area contributed by atoms with E-state index in [4.69, 9.17) is 0 Å². The van der Waals surface area contributed by atoms with E-state index in [0.29, 0.717) is 40.9 Å². The van der Waals surface area contributed by atoms with Crippen LogP contribution in [0, 0.1) is 17.2 Å². The van der Waals surface area contributed by atoms with Gasteiger partial charge in [0.15, 0.2) is 5.82 Å². The van der Waals surface area contributed by atoms with Crippen molar-refractivity contribution in [3.05, 3.63) is 51.9 Å². The average Bonchev–Trinajstić information content (AvgIpc) is 3.44. The van der Waals surface area contributed by atoms with Crippen molar-refractivity contribution in [2.45, 2.75) is 56.0 Å². The standard InChI is InChI=1S/C24H24F2N6O/c25-24(26)17-12-15(6-7-16(17)23(24)9-1-2-10-29-23)30-21-20-19(8-11-28-22(20)33)32(31-21)18-5-3-4-14(18)13-27/h6-8,11-12,14,18,29H,1-5,9-10H2,(H,28,33)(H,30,31)/t14-,18+,23?/m1/s1. The maximum atomic E-state index is 15.2. The number of halogens is 2. The van der Waals surface area contributed by atoms with Gasteiger partial charge in [0.05, 0.1) is 23.5 Å². The molecule has 0 bridgehead atoms. The lowest BCUT2D eigenvalue weighted by atomic mass is 9.63. The summed E-state index contributed by atoms with van der Waals surface area (Å²) in [6, 6.07) is 8.99. The fourth-order valence-electron chi connectivity index (χ4n) is 5.95. The van der Waals surface area contributed by atoms with Crippen LogP contribution in [0.25, 0.3) is 10.9 Å². The van der Waals surface area contributed by atoms with E-state index in [1.807, 2.05) is 0 Å². The molecule has 2 aromatic heterocycles. The van der Waals surface area contributed by atoms with Gasteiger partial charge in [0.2, 0.25) is 0 Å². The van der Waals surface area contributed by atoms with E-state index in [9.17, 15) is 10.1 Å². The number of nitrogens with zero attached hydrogens (tertiary/aromatic N) is 3. The van der Waals surface area contributed by atoms with Crippen LogP contribution in [0.5, 0.6) is 0 Å². The Bertz CT molecular complexity index is 1350. The van der Waals surface area contributed by atoms with E-state index in [1.54, 1.807) is 29.1 Å². The lowest BCUT2D eigenvalue weighted by molar-refractivity contribution is -0.144. The molecule has 1 saturated carbocycles. The smallest absolute Gasteiger partial charge is 0.295 e. The van der Waals surface area contributed by atoms with Gasteiger partial charge in [-0.1, -0.05) is 6.07 Å². The number of hydrogen-bond acceptors (Lipinski definition) is 5. The number of rotatable bonds is 3. The molecule has 0 radical (unpaired) electrons. The quantitative estimate of drug-likeness (QED) is 0.549. The molecular formula is C24H24F2N6O. The van der Waals surface area contributed by atoms with Crippen LogP contribution < -0.4 is 16.2 Å². The lowest BCUT2D eigenvalue weighted by Gasteiger charge is -2.53. The first kappa shape index (κ1) is 20.4. The number of aromatic nitrogens is 3. The number of fused-ring (bicyclic) bond motifs is 3. The van der Waals surface area contributed by atoms with E-state index in [2.05, 4.69) is 26.8 Å². The number of nitriles is 1. The highest BCUT2D eigenvalue weighted by molar-refractivity contribution is 5.91. The third kappa shape index (κ3) is 2.73. The molecule has 3 aliphatic rings. The SMILES string of the molecule is N#C[C@H]1CCC[C@@H]1n1nc(Nc2ccc3c(c2)C(F)(F)C32CCCCN2)c2c(=O)[nH]ccc21. The van der Waals surface area contributed by atoms with Crippen LogP contribution in [-0.4, -0.2) is 21.3 Å². The molecule has 3 atom stereocenters. The Labute approximate surface area is 188 Å². The second-order valence-electron chi connectivity index (χ2n) is 9.34. The van der Waals surface area contributed by atoms with Gasteiger partial charge in [-0.3, -0.25) is 9.48 Å². The largest absolute Gasteiger partial charge is 0.338 e. The summed E-state index contributed by atoms with van der Waals surface area (Å²) in [5, 5.41) is 20.7. The molecule has 3 aromatic rings. The zero-order valence-electron chi connectivity index (χ0n) is 18.0. The average molecular weight is 450 g/mol. The van der Waals surface area contributed by atoms with Crippen LogP contribution in [-0.2, 0) is 11.5 Å². The molecule has 1 aliphatic heterocycles. The summed E-state index contributed by atoms with van der Waals surface area (Å²) >= 11 is 0. The number of pyridine rings is 1. The van der Waals surface area contributed by atoms with Gasteiger partial charge in [-0.2, -0.15) is 19.1 Å². The highest BCUT2D eigenvalue weighted by atomic mass is 19.3. The molecule has 2 aliphatic carbocycles. The molecular weight excluding hydrogens is 426 g/mol. The van der Waals surface area contributed by atoms with Crippen LogP contribution in [0.4, 0.5) is 20.3 Å². The summed E-state index contributed by atoms with van der Waals surface area (Å²) in [4.78, 5) is 15.3. The maximum Gasteiger partial charge on any atom is 0.295 e. The fraction of sp³-hybridized carbons (Fsp3) is 0.458. The number of nitrogens with one attached hydrogen (secondary N) is 3. The predicted octanol–water partition coefficient (Wildman–Crippen LogP) is 4.41. The van der Waals surface area contributed by atoms with Gasteiger partial charge < -0.3 is 15.6 Å². The molecule has 3 heterocycles. The zero-order chi connectivity index (χ0) is 22.8. The Morgan fingerprint density at radius 2 is 2.06 bits per heavy atom. The van der Waals surface area contributed by atoms with Crippen LogP contribution in [0.15, 0.2) is 35.3 Å². The first-order chi connectivity index (χ1) is 16.0. The molecule has 1 saturated heterocycles. The Kier molecular flexibility index (Phi) is 4.40. The Morgan fingerprint density at radius 3 is 2.85 bits per heavy atom. The van der Waals surface area contributed by atoms with Crippen molar-refractivity contribution >= 4 is 22.4 Å². The summed E-state index contributed by atoms with van der Waals surface area (Å²) in [6.07, 6.45) is 6.19. The fourth-order valence-corrected chi connectivity index (χ4v) is 5.95. The summed E-state index contributed by atoms with van der Waals surface area (Å²) in [6.45, 7) is 0.589. The summed E-state index contributed by atoms with van der Waals surface area (Å²) < 4.78 is 32.2. The number of aromatic amines is 1. The maximum absolute atomic E-state index is 15.2. The summed E-state index contributed by atoms with van der Waals surface area (Å²) in [5.41, 5.74) is 0.172. The van der Waals surface area contributed by atoms with Gasteiger partial charge in [0.25, 0.3) is 11.5 Å². The second kappa shape index (κ2) is 7.12. The topological polar surface area (TPSA) is 98.5 Å². The molecule has 170 valence electrons. The van der Waals surface area contributed by atoms with Crippen molar-refractivity contribution in [1.29, 1.82) is 5.26 Å². The molecule has 1 unspecified atom stereocenters. The second-order valence-corrected chi connectivity index (χ2v) is 9.34. The minimum atomic E-state index is -2.96. The number of hydrogen-bond donors (Lipinski definition) is 3. The number of benzene rings is 1. The van der Waals surface area contributed by atoms with Gasteiger partial charge in [0.1, 0.15) is 10.9 Å². The minimum Gasteiger partial charge on any atom is -0.338 e. The van der Waals surface area contributed by atoms with E-state index < -0.39 is 11.5 Å². The van der Waals surface area contributed by atoms with E-state index in [0.717, 1.165) is 32.1 Å². The van der Waals surface area contributed by atoms with E-state index in [-0.39, 0.29) is 23.1 Å². The number of alkyl halides is 2. The number of piperidine rings is 1. The molecule has 3 N–H and O–H groups in total.